The van der Waals surface area contributed by atoms with Gasteiger partial charge in [-0.2, -0.15) is 0 Å². The molecule has 0 aromatic heterocycles. The minimum atomic E-state index is 0.852. The molecule has 0 amide bonds. The standard InChI is InChI=1S/C7H16.C6H14.C3H6.C2H6/c1-4-6-7(3)5-2;1-5(2)6(3)4;1-3-2;1-2/h7H,4-6H2,1-3H3;5-6H,1-4H3;3H,1H2,2H3;1-2H3. The summed E-state index contributed by atoms with van der Waals surface area (Å²) in [5, 5.41) is 0. The van der Waals surface area contributed by atoms with Gasteiger partial charge in [0.2, 0.25) is 0 Å². The first-order valence-corrected chi connectivity index (χ1v) is 7.94. The molecule has 0 aliphatic carbocycles. The summed E-state index contributed by atoms with van der Waals surface area (Å²) in [7, 11) is 0. The SMILES string of the molecule is C=CC.CC.CC(C)C(C)C.CCCC(C)CC. The van der Waals surface area contributed by atoms with E-state index in [0.29, 0.717) is 0 Å². The number of hydrogen-bond donors (Lipinski definition) is 0. The van der Waals surface area contributed by atoms with Gasteiger partial charge in [-0.05, 0) is 24.7 Å². The van der Waals surface area contributed by atoms with Gasteiger partial charge in [0.15, 0.2) is 0 Å². The third-order valence-corrected chi connectivity index (χ3v) is 2.81. The maximum Gasteiger partial charge on any atom is -0.0446 e. The molecule has 0 heteroatoms. The molecule has 1 atom stereocenters. The van der Waals surface area contributed by atoms with E-state index in [-0.39, 0.29) is 0 Å². The van der Waals surface area contributed by atoms with Crippen molar-refractivity contribution in [3.63, 3.8) is 0 Å². The average Bonchev–Trinajstić information content (AvgIpc) is 2.33. The van der Waals surface area contributed by atoms with Crippen molar-refractivity contribution in [3.05, 3.63) is 12.7 Å². The third kappa shape index (κ3) is 44.8. The molecule has 0 aliphatic rings. The maximum absolute atomic E-state index is 3.36. The number of hydrogen-bond acceptors (Lipinski definition) is 0. The molecule has 0 bridgehead atoms. The Bertz CT molecular complexity index is 105. The summed E-state index contributed by atoms with van der Waals surface area (Å²) in [5.41, 5.74) is 0. The van der Waals surface area contributed by atoms with Crippen LogP contribution in [0, 0.1) is 17.8 Å². The van der Waals surface area contributed by atoms with Gasteiger partial charge in [0.25, 0.3) is 0 Å². The highest BCUT2D eigenvalue weighted by Crippen LogP contribution is 2.07. The highest BCUT2D eigenvalue weighted by Gasteiger charge is 1.95. The fraction of sp³-hybridized carbons (Fsp3) is 0.889. The summed E-state index contributed by atoms with van der Waals surface area (Å²) in [5.74, 6) is 2.65. The Morgan fingerprint density at radius 1 is 0.889 bits per heavy atom. The molecule has 0 saturated heterocycles. The van der Waals surface area contributed by atoms with Crippen molar-refractivity contribution < 1.29 is 0 Å². The molecule has 0 aromatic rings. The minimum Gasteiger partial charge on any atom is -0.103 e. The van der Waals surface area contributed by atoms with Crippen LogP contribution in [0.5, 0.6) is 0 Å². The fourth-order valence-electron chi connectivity index (χ4n) is 0.697. The maximum atomic E-state index is 3.36. The van der Waals surface area contributed by atoms with Gasteiger partial charge in [-0.1, -0.05) is 87.7 Å². The lowest BCUT2D eigenvalue weighted by molar-refractivity contribution is 0.457. The van der Waals surface area contributed by atoms with Crippen LogP contribution in [-0.2, 0) is 0 Å². The van der Waals surface area contributed by atoms with Gasteiger partial charge in [0, 0.05) is 0 Å². The molecule has 0 nitrogen and oxygen atoms in total. The first-order chi connectivity index (χ1) is 8.37. The Balaban J connectivity index is -0.0000000811. The number of rotatable bonds is 4. The van der Waals surface area contributed by atoms with E-state index >= 15 is 0 Å². The Morgan fingerprint density at radius 3 is 1.22 bits per heavy atom. The summed E-state index contributed by atoms with van der Waals surface area (Å²) in [6.45, 7) is 25.0. The van der Waals surface area contributed by atoms with Gasteiger partial charge in [-0.3, -0.25) is 0 Å². The molecule has 0 radical (unpaired) electrons. The van der Waals surface area contributed by atoms with Crippen LogP contribution >= 0.6 is 0 Å². The van der Waals surface area contributed by atoms with Crippen molar-refractivity contribution in [2.24, 2.45) is 17.8 Å². The van der Waals surface area contributed by atoms with Crippen molar-refractivity contribution in [1.82, 2.24) is 0 Å². The smallest absolute Gasteiger partial charge is 0.0446 e. The van der Waals surface area contributed by atoms with Gasteiger partial charge in [-0.25, -0.2) is 0 Å². The lowest BCUT2D eigenvalue weighted by Gasteiger charge is -2.05. The molecular weight excluding hydrogens is 216 g/mol. The highest BCUT2D eigenvalue weighted by molar-refractivity contribution is 4.51. The second kappa shape index (κ2) is 25.6. The lowest BCUT2D eigenvalue weighted by atomic mass is 10.0. The minimum absolute atomic E-state index is 0.852. The van der Waals surface area contributed by atoms with E-state index in [9.17, 15) is 0 Å². The summed E-state index contributed by atoms with van der Waals surface area (Å²) < 4.78 is 0. The van der Waals surface area contributed by atoms with Crippen molar-refractivity contribution in [3.8, 4) is 0 Å². The Hall–Kier alpha value is -0.260. The first kappa shape index (κ1) is 26.3. The van der Waals surface area contributed by atoms with Crippen molar-refractivity contribution in [1.29, 1.82) is 0 Å². The van der Waals surface area contributed by atoms with Gasteiger partial charge < -0.3 is 0 Å². The summed E-state index contributed by atoms with van der Waals surface area (Å²) in [4.78, 5) is 0. The van der Waals surface area contributed by atoms with Gasteiger partial charge in [-0.15, -0.1) is 6.58 Å². The van der Waals surface area contributed by atoms with E-state index in [1.54, 1.807) is 6.08 Å². The molecule has 0 heterocycles. The van der Waals surface area contributed by atoms with E-state index in [4.69, 9.17) is 0 Å². The van der Waals surface area contributed by atoms with Crippen molar-refractivity contribution in [2.75, 3.05) is 0 Å². The van der Waals surface area contributed by atoms with Crippen molar-refractivity contribution in [2.45, 2.75) is 88.5 Å². The Morgan fingerprint density at radius 2 is 1.17 bits per heavy atom. The molecule has 0 aromatic carbocycles. The van der Waals surface area contributed by atoms with E-state index < -0.39 is 0 Å². The predicted molar refractivity (Wildman–Crippen MR) is 91.3 cm³/mol. The van der Waals surface area contributed by atoms with Gasteiger partial charge in [0.1, 0.15) is 0 Å². The fourth-order valence-corrected chi connectivity index (χ4v) is 0.697. The molecule has 18 heavy (non-hydrogen) atoms. The molecule has 114 valence electrons. The van der Waals surface area contributed by atoms with E-state index in [1.807, 2.05) is 20.8 Å². The van der Waals surface area contributed by atoms with E-state index in [1.165, 1.54) is 19.3 Å². The van der Waals surface area contributed by atoms with Crippen LogP contribution in [0.3, 0.4) is 0 Å². The highest BCUT2D eigenvalue weighted by atomic mass is 14.0. The quantitative estimate of drug-likeness (QED) is 0.462. The zero-order valence-electron chi connectivity index (χ0n) is 15.1. The van der Waals surface area contributed by atoms with Crippen LogP contribution in [0.25, 0.3) is 0 Å². The van der Waals surface area contributed by atoms with Crippen LogP contribution in [0.15, 0.2) is 12.7 Å². The summed E-state index contributed by atoms with van der Waals surface area (Å²) in [6.07, 6.45) is 5.83. The molecule has 0 fully saturated rings. The topological polar surface area (TPSA) is 0 Å². The van der Waals surface area contributed by atoms with Crippen LogP contribution in [0.2, 0.25) is 0 Å². The molecule has 0 spiro atoms. The molecule has 1 unspecified atom stereocenters. The van der Waals surface area contributed by atoms with Crippen LogP contribution in [0.4, 0.5) is 0 Å². The largest absolute Gasteiger partial charge is 0.103 e. The zero-order valence-corrected chi connectivity index (χ0v) is 15.1. The molecule has 0 aliphatic heterocycles. The van der Waals surface area contributed by atoms with E-state index in [2.05, 4.69) is 55.0 Å². The normalized spacial score (nSPS) is 10.2. The van der Waals surface area contributed by atoms with Crippen LogP contribution in [-0.4, -0.2) is 0 Å². The van der Waals surface area contributed by atoms with Crippen LogP contribution in [0.1, 0.15) is 88.5 Å². The first-order valence-electron chi connectivity index (χ1n) is 7.94. The average molecular weight is 259 g/mol. The number of allylic oxidation sites excluding steroid dienone is 1. The van der Waals surface area contributed by atoms with E-state index in [0.717, 1.165) is 17.8 Å². The monoisotopic (exact) mass is 258 g/mol. The Kier molecular flexibility index (Phi) is 37.4. The molecule has 0 rings (SSSR count). The molecule has 0 saturated carbocycles. The molecular formula is C18H42. The zero-order chi connectivity index (χ0) is 15.6. The summed E-state index contributed by atoms with van der Waals surface area (Å²) >= 11 is 0. The lowest BCUT2D eigenvalue weighted by Crippen LogP contribution is -1.95. The van der Waals surface area contributed by atoms with Crippen LogP contribution < -0.4 is 0 Å². The second-order valence-electron chi connectivity index (χ2n) is 5.20. The molecule has 0 N–H and O–H groups in total. The van der Waals surface area contributed by atoms with Gasteiger partial charge >= 0.3 is 0 Å². The van der Waals surface area contributed by atoms with Gasteiger partial charge in [0.05, 0.1) is 0 Å². The summed E-state index contributed by atoms with van der Waals surface area (Å²) in [6, 6.07) is 0. The Labute approximate surface area is 119 Å². The predicted octanol–water partition coefficient (Wildman–Crippen LogP) is 7.35. The third-order valence-electron chi connectivity index (χ3n) is 2.81. The second-order valence-corrected chi connectivity index (χ2v) is 5.20. The van der Waals surface area contributed by atoms with Crippen molar-refractivity contribution >= 4 is 0 Å².